The Balaban J connectivity index is 1.92. The van der Waals surface area contributed by atoms with Crippen LogP contribution in [0.2, 0.25) is 0 Å². The van der Waals surface area contributed by atoms with Crippen molar-refractivity contribution < 1.29 is 9.90 Å². The van der Waals surface area contributed by atoms with Crippen molar-refractivity contribution in [2.24, 2.45) is 0 Å². The Morgan fingerprint density at radius 3 is 2.74 bits per heavy atom. The summed E-state index contributed by atoms with van der Waals surface area (Å²) in [5.74, 6) is 0.0619. The van der Waals surface area contributed by atoms with Crippen LogP contribution in [0.15, 0.2) is 35.0 Å². The molecule has 3 aromatic rings. The summed E-state index contributed by atoms with van der Waals surface area (Å²) < 4.78 is 2.34. The molecule has 2 aromatic heterocycles. The molecule has 4 rings (SSSR count). The number of carboxylic acid groups (broad SMARTS) is 1. The Kier molecular flexibility index (Phi) is 3.65. The van der Waals surface area contributed by atoms with Gasteiger partial charge in [-0.25, -0.2) is 9.78 Å². The summed E-state index contributed by atoms with van der Waals surface area (Å²) in [5.41, 5.74) is 3.23. The molecular weight excluding hydrogens is 308 g/mol. The normalized spacial score (nSPS) is 16.0. The molecule has 0 unspecified atom stereocenters. The van der Waals surface area contributed by atoms with Crippen LogP contribution in [-0.2, 0) is 0 Å². The Bertz CT molecular complexity index is 845. The second-order valence-electron chi connectivity index (χ2n) is 6.12. The van der Waals surface area contributed by atoms with Crippen LogP contribution in [0.1, 0.15) is 48.5 Å². The van der Waals surface area contributed by atoms with E-state index in [-0.39, 0.29) is 0 Å². The number of aromatic nitrogens is 2. The largest absolute Gasteiger partial charge is 0.478 e. The number of carboxylic acids is 1. The van der Waals surface area contributed by atoms with E-state index in [1.54, 1.807) is 23.5 Å². The lowest BCUT2D eigenvalue weighted by atomic mass is 9.95. The Labute approximate surface area is 138 Å². The Morgan fingerprint density at radius 1 is 1.22 bits per heavy atom. The minimum atomic E-state index is -0.906. The highest BCUT2D eigenvalue weighted by Crippen LogP contribution is 2.36. The number of aromatic carboxylic acids is 1. The smallest absolute Gasteiger partial charge is 0.335 e. The predicted molar refractivity (Wildman–Crippen MR) is 92.1 cm³/mol. The van der Waals surface area contributed by atoms with Crippen LogP contribution in [0.4, 0.5) is 0 Å². The summed E-state index contributed by atoms with van der Waals surface area (Å²) in [6.45, 7) is 0. The molecule has 0 atom stereocenters. The third-order valence-electron chi connectivity index (χ3n) is 4.66. The third-order valence-corrected chi connectivity index (χ3v) is 5.34. The number of hydrogen-bond acceptors (Lipinski definition) is 3. The van der Waals surface area contributed by atoms with Gasteiger partial charge in [0.05, 0.1) is 16.6 Å². The monoisotopic (exact) mass is 326 g/mol. The molecule has 1 aliphatic carbocycles. The van der Waals surface area contributed by atoms with E-state index in [2.05, 4.69) is 21.4 Å². The van der Waals surface area contributed by atoms with Crippen LogP contribution >= 0.6 is 11.3 Å². The molecule has 1 aliphatic rings. The quantitative estimate of drug-likeness (QED) is 0.739. The van der Waals surface area contributed by atoms with Crippen LogP contribution in [0, 0.1) is 0 Å². The Morgan fingerprint density at radius 2 is 2.04 bits per heavy atom. The van der Waals surface area contributed by atoms with Gasteiger partial charge in [0.1, 0.15) is 5.82 Å². The summed E-state index contributed by atoms with van der Waals surface area (Å²) in [4.78, 5) is 16.0. The summed E-state index contributed by atoms with van der Waals surface area (Å²) in [7, 11) is 0. The van der Waals surface area contributed by atoms with E-state index in [0.29, 0.717) is 11.6 Å². The first-order valence-corrected chi connectivity index (χ1v) is 8.96. The summed E-state index contributed by atoms with van der Waals surface area (Å²) in [6.07, 6.45) is 6.15. The zero-order valence-corrected chi connectivity index (χ0v) is 13.6. The number of carbonyl (C=O) groups is 1. The molecule has 1 fully saturated rings. The van der Waals surface area contributed by atoms with Gasteiger partial charge >= 0.3 is 5.97 Å². The fraction of sp³-hybridized carbons (Fsp3) is 0.333. The lowest BCUT2D eigenvalue weighted by Gasteiger charge is -2.25. The topological polar surface area (TPSA) is 55.1 Å². The van der Waals surface area contributed by atoms with E-state index >= 15 is 0 Å². The maximum atomic E-state index is 11.2. The van der Waals surface area contributed by atoms with Crippen molar-refractivity contribution in [3.63, 3.8) is 0 Å². The summed E-state index contributed by atoms with van der Waals surface area (Å²) >= 11 is 1.66. The number of hydrogen-bond donors (Lipinski definition) is 1. The van der Waals surface area contributed by atoms with Gasteiger partial charge in [0, 0.05) is 17.0 Å². The van der Waals surface area contributed by atoms with Gasteiger partial charge in [0.15, 0.2) is 0 Å². The molecule has 1 N–H and O–H groups in total. The first-order valence-electron chi connectivity index (χ1n) is 8.02. The van der Waals surface area contributed by atoms with Gasteiger partial charge in [-0.05, 0) is 42.5 Å². The fourth-order valence-electron chi connectivity index (χ4n) is 3.54. The molecule has 5 heteroatoms. The molecule has 0 bridgehead atoms. The van der Waals surface area contributed by atoms with Crippen LogP contribution < -0.4 is 0 Å². The molecule has 2 heterocycles. The van der Waals surface area contributed by atoms with Gasteiger partial charge in [-0.15, -0.1) is 0 Å². The molecule has 0 spiro atoms. The molecule has 118 valence electrons. The lowest BCUT2D eigenvalue weighted by molar-refractivity contribution is 0.0697. The van der Waals surface area contributed by atoms with E-state index < -0.39 is 5.97 Å². The minimum Gasteiger partial charge on any atom is -0.478 e. The van der Waals surface area contributed by atoms with E-state index in [0.717, 1.165) is 22.4 Å². The first kappa shape index (κ1) is 14.5. The van der Waals surface area contributed by atoms with Crippen molar-refractivity contribution in [1.82, 2.24) is 9.55 Å². The molecule has 0 radical (unpaired) electrons. The van der Waals surface area contributed by atoms with Gasteiger partial charge in [0.25, 0.3) is 0 Å². The van der Waals surface area contributed by atoms with Gasteiger partial charge < -0.3 is 9.67 Å². The maximum Gasteiger partial charge on any atom is 0.335 e. The van der Waals surface area contributed by atoms with E-state index in [4.69, 9.17) is 4.98 Å². The number of benzene rings is 1. The second-order valence-corrected chi connectivity index (χ2v) is 6.90. The zero-order chi connectivity index (χ0) is 15.8. The van der Waals surface area contributed by atoms with Gasteiger partial charge in [-0.3, -0.25) is 0 Å². The van der Waals surface area contributed by atoms with Crippen LogP contribution in [-0.4, -0.2) is 20.6 Å². The number of rotatable bonds is 3. The molecule has 1 aromatic carbocycles. The van der Waals surface area contributed by atoms with Crippen molar-refractivity contribution in [3.8, 4) is 11.4 Å². The van der Waals surface area contributed by atoms with Crippen LogP contribution in [0.3, 0.4) is 0 Å². The average Bonchev–Trinajstić information content (AvgIpc) is 3.22. The van der Waals surface area contributed by atoms with Crippen LogP contribution in [0.5, 0.6) is 0 Å². The first-order chi connectivity index (χ1) is 11.2. The number of fused-ring (bicyclic) bond motifs is 1. The molecular formula is C18H18N2O2S. The van der Waals surface area contributed by atoms with Gasteiger partial charge in [0.2, 0.25) is 0 Å². The molecule has 23 heavy (non-hydrogen) atoms. The second kappa shape index (κ2) is 5.81. The molecule has 4 nitrogen and oxygen atoms in total. The lowest BCUT2D eigenvalue weighted by Crippen LogP contribution is -2.13. The van der Waals surface area contributed by atoms with Crippen LogP contribution in [0.25, 0.3) is 22.4 Å². The Hall–Kier alpha value is -2.14. The fourth-order valence-corrected chi connectivity index (χ4v) is 4.17. The molecule has 0 aliphatic heterocycles. The van der Waals surface area contributed by atoms with Gasteiger partial charge in [-0.2, -0.15) is 11.3 Å². The van der Waals surface area contributed by atoms with Crippen molar-refractivity contribution in [3.05, 3.63) is 40.6 Å². The minimum absolute atomic E-state index is 0.294. The number of thiophene rings is 1. The number of nitrogens with zero attached hydrogens (tertiary/aromatic N) is 2. The highest BCUT2D eigenvalue weighted by molar-refractivity contribution is 7.08. The van der Waals surface area contributed by atoms with Gasteiger partial charge in [-0.1, -0.05) is 19.3 Å². The zero-order valence-electron chi connectivity index (χ0n) is 12.7. The highest BCUT2D eigenvalue weighted by Gasteiger charge is 2.23. The van der Waals surface area contributed by atoms with Crippen molar-refractivity contribution in [2.45, 2.75) is 38.1 Å². The third kappa shape index (κ3) is 2.55. The summed E-state index contributed by atoms with van der Waals surface area (Å²) in [6, 6.07) is 7.83. The van der Waals surface area contributed by atoms with E-state index in [1.807, 2.05) is 6.07 Å². The molecule has 0 amide bonds. The summed E-state index contributed by atoms with van der Waals surface area (Å²) in [5, 5.41) is 13.4. The maximum absolute atomic E-state index is 11.2. The standard InChI is InChI=1S/C18H18N2O2S/c21-18(22)12-6-7-16-15(10-12)19-17(13-8-9-23-11-13)20(16)14-4-2-1-3-5-14/h6-11,14H,1-5H2,(H,21,22). The number of imidazole rings is 1. The van der Waals surface area contributed by atoms with E-state index in [1.165, 1.54) is 32.1 Å². The predicted octanol–water partition coefficient (Wildman–Crippen LogP) is 4.97. The van der Waals surface area contributed by atoms with Crippen molar-refractivity contribution >= 4 is 28.3 Å². The highest BCUT2D eigenvalue weighted by atomic mass is 32.1. The molecule has 0 saturated heterocycles. The SMILES string of the molecule is O=C(O)c1ccc2c(c1)nc(-c1ccsc1)n2C1CCCCC1. The molecule has 1 saturated carbocycles. The van der Waals surface area contributed by atoms with Crippen molar-refractivity contribution in [2.75, 3.05) is 0 Å². The van der Waals surface area contributed by atoms with Crippen molar-refractivity contribution in [1.29, 1.82) is 0 Å². The average molecular weight is 326 g/mol. The van der Waals surface area contributed by atoms with E-state index in [9.17, 15) is 9.90 Å².